The smallest absolute Gasteiger partial charge is 0.251 e. The number of hydrogen-bond donors (Lipinski definition) is 1. The predicted octanol–water partition coefficient (Wildman–Crippen LogP) is 2.46. The van der Waals surface area contributed by atoms with Gasteiger partial charge in [-0.15, -0.1) is 0 Å². The largest absolute Gasteiger partial charge is 0.351 e. The van der Waals surface area contributed by atoms with Crippen LogP contribution in [0.15, 0.2) is 30.5 Å². The fourth-order valence-corrected chi connectivity index (χ4v) is 2.77. The first-order valence-corrected chi connectivity index (χ1v) is 7.29. The summed E-state index contributed by atoms with van der Waals surface area (Å²) >= 11 is 0. The lowest BCUT2D eigenvalue weighted by Crippen LogP contribution is -2.23. The van der Waals surface area contributed by atoms with Crippen LogP contribution in [0.5, 0.6) is 0 Å². The molecule has 5 heteroatoms. The number of nitrogens with one attached hydrogen (secondary N) is 1. The van der Waals surface area contributed by atoms with Crippen molar-refractivity contribution in [1.82, 2.24) is 19.7 Å². The minimum Gasteiger partial charge on any atom is -0.351 e. The Hall–Kier alpha value is -2.56. The molecule has 0 aliphatic carbocycles. The quantitative estimate of drug-likeness (QED) is 0.807. The molecule has 0 spiro atoms. The van der Waals surface area contributed by atoms with Crippen molar-refractivity contribution in [1.29, 1.82) is 0 Å². The highest BCUT2D eigenvalue weighted by Crippen LogP contribution is 2.17. The summed E-state index contributed by atoms with van der Waals surface area (Å²) in [5, 5.41) is 8.42. The van der Waals surface area contributed by atoms with E-state index in [-0.39, 0.29) is 5.91 Å². The lowest BCUT2D eigenvalue weighted by molar-refractivity contribution is 0.0951. The summed E-state index contributed by atoms with van der Waals surface area (Å²) in [6, 6.07) is 7.78. The summed E-state index contributed by atoms with van der Waals surface area (Å²) in [5.41, 5.74) is 4.92. The Kier molecular flexibility index (Phi) is 3.48. The summed E-state index contributed by atoms with van der Waals surface area (Å²) in [6.07, 6.45) is 1.99. The molecule has 0 unspecified atom stereocenters. The fraction of sp³-hybridized carbons (Fsp3) is 0.294. The second-order valence-corrected chi connectivity index (χ2v) is 5.66. The molecular weight excluding hydrogens is 276 g/mol. The van der Waals surface area contributed by atoms with Crippen LogP contribution in [0, 0.1) is 13.8 Å². The summed E-state index contributed by atoms with van der Waals surface area (Å²) < 4.78 is 3.88. The van der Waals surface area contributed by atoms with Crippen LogP contribution in [0.3, 0.4) is 0 Å². The summed E-state index contributed by atoms with van der Waals surface area (Å²) in [5.74, 6) is -0.0617. The van der Waals surface area contributed by atoms with Crippen LogP contribution in [0.4, 0.5) is 0 Å². The van der Waals surface area contributed by atoms with Crippen LogP contribution in [0.1, 0.15) is 27.3 Å². The highest BCUT2D eigenvalue weighted by Gasteiger charge is 2.12. The number of benzene rings is 1. The average molecular weight is 296 g/mol. The van der Waals surface area contributed by atoms with E-state index in [1.807, 2.05) is 67.7 Å². The third kappa shape index (κ3) is 2.39. The molecule has 0 bridgehead atoms. The number of amides is 1. The van der Waals surface area contributed by atoms with E-state index in [1.54, 1.807) is 0 Å². The molecule has 1 amide bonds. The Morgan fingerprint density at radius 2 is 2.00 bits per heavy atom. The van der Waals surface area contributed by atoms with Crippen molar-refractivity contribution >= 4 is 16.8 Å². The van der Waals surface area contributed by atoms with Crippen molar-refractivity contribution < 1.29 is 4.79 Å². The number of hydrogen-bond acceptors (Lipinski definition) is 2. The second kappa shape index (κ2) is 5.33. The molecule has 0 atom stereocenters. The van der Waals surface area contributed by atoms with E-state index in [0.29, 0.717) is 12.1 Å². The summed E-state index contributed by atoms with van der Waals surface area (Å²) in [4.78, 5) is 12.4. The fourth-order valence-electron chi connectivity index (χ4n) is 2.77. The van der Waals surface area contributed by atoms with Crippen LogP contribution in [-0.4, -0.2) is 20.3 Å². The van der Waals surface area contributed by atoms with Crippen LogP contribution >= 0.6 is 0 Å². The normalized spacial score (nSPS) is 11.1. The minimum absolute atomic E-state index is 0.0617. The van der Waals surface area contributed by atoms with Gasteiger partial charge in [-0.2, -0.15) is 5.10 Å². The molecule has 114 valence electrons. The average Bonchev–Trinajstić information content (AvgIpc) is 2.98. The van der Waals surface area contributed by atoms with Gasteiger partial charge in [0.05, 0.1) is 5.69 Å². The van der Waals surface area contributed by atoms with Gasteiger partial charge in [0, 0.05) is 54.6 Å². The van der Waals surface area contributed by atoms with Crippen LogP contribution < -0.4 is 5.32 Å². The van der Waals surface area contributed by atoms with E-state index in [4.69, 9.17) is 0 Å². The number of nitrogens with zero attached hydrogens (tertiary/aromatic N) is 3. The maximum Gasteiger partial charge on any atom is 0.251 e. The number of carbonyl (C=O) groups is 1. The van der Waals surface area contributed by atoms with Crippen molar-refractivity contribution in [3.8, 4) is 0 Å². The van der Waals surface area contributed by atoms with Gasteiger partial charge < -0.3 is 9.88 Å². The second-order valence-electron chi connectivity index (χ2n) is 5.66. The van der Waals surface area contributed by atoms with Crippen LogP contribution in [0.2, 0.25) is 0 Å². The number of fused-ring (bicyclic) bond motifs is 1. The SMILES string of the molecule is Cc1nn(C)c(C)c1CNC(=O)c1ccc2c(ccn2C)c1. The molecule has 0 radical (unpaired) electrons. The molecule has 0 saturated heterocycles. The van der Waals surface area contributed by atoms with Crippen molar-refractivity contribution in [2.75, 3.05) is 0 Å². The molecule has 2 aromatic heterocycles. The Balaban J connectivity index is 1.78. The molecule has 3 aromatic rings. The standard InChI is InChI=1S/C17H20N4O/c1-11-15(12(2)21(4)19-11)10-18-17(22)14-5-6-16-13(9-14)7-8-20(16)3/h5-9H,10H2,1-4H3,(H,18,22). The zero-order chi connectivity index (χ0) is 15.9. The zero-order valence-electron chi connectivity index (χ0n) is 13.3. The minimum atomic E-state index is -0.0617. The highest BCUT2D eigenvalue weighted by molar-refractivity contribution is 5.98. The predicted molar refractivity (Wildman–Crippen MR) is 86.8 cm³/mol. The molecule has 1 N–H and O–H groups in total. The molecule has 0 aliphatic rings. The first-order chi connectivity index (χ1) is 10.5. The number of rotatable bonds is 3. The van der Waals surface area contributed by atoms with E-state index in [2.05, 4.69) is 10.4 Å². The molecule has 5 nitrogen and oxygen atoms in total. The molecule has 2 heterocycles. The number of aryl methyl sites for hydroxylation is 3. The Morgan fingerprint density at radius 1 is 1.23 bits per heavy atom. The number of carbonyl (C=O) groups excluding carboxylic acids is 1. The van der Waals surface area contributed by atoms with Gasteiger partial charge in [0.2, 0.25) is 0 Å². The first-order valence-electron chi connectivity index (χ1n) is 7.29. The van der Waals surface area contributed by atoms with E-state index in [0.717, 1.165) is 27.9 Å². The van der Waals surface area contributed by atoms with Gasteiger partial charge >= 0.3 is 0 Å². The van der Waals surface area contributed by atoms with E-state index in [9.17, 15) is 4.79 Å². The van der Waals surface area contributed by atoms with Gasteiger partial charge in [-0.1, -0.05) is 0 Å². The van der Waals surface area contributed by atoms with Gasteiger partial charge in [-0.05, 0) is 38.1 Å². The Morgan fingerprint density at radius 3 is 2.68 bits per heavy atom. The Bertz CT molecular complexity index is 857. The highest BCUT2D eigenvalue weighted by atomic mass is 16.1. The third-order valence-corrected chi connectivity index (χ3v) is 4.23. The first kappa shape index (κ1) is 14.4. The molecule has 0 fully saturated rings. The van der Waals surface area contributed by atoms with Crippen molar-refractivity contribution in [2.24, 2.45) is 14.1 Å². The number of aromatic nitrogens is 3. The molecule has 0 saturated carbocycles. The maximum absolute atomic E-state index is 12.4. The van der Waals surface area contributed by atoms with Crippen molar-refractivity contribution in [2.45, 2.75) is 20.4 Å². The molecular formula is C17H20N4O. The summed E-state index contributed by atoms with van der Waals surface area (Å²) in [6.45, 7) is 4.47. The third-order valence-electron chi connectivity index (χ3n) is 4.23. The van der Waals surface area contributed by atoms with Crippen molar-refractivity contribution in [3.63, 3.8) is 0 Å². The monoisotopic (exact) mass is 296 g/mol. The molecule has 1 aromatic carbocycles. The van der Waals surface area contributed by atoms with Gasteiger partial charge in [0.1, 0.15) is 0 Å². The molecule has 0 aliphatic heterocycles. The molecule has 22 heavy (non-hydrogen) atoms. The van der Waals surface area contributed by atoms with Gasteiger partial charge in [0.25, 0.3) is 5.91 Å². The van der Waals surface area contributed by atoms with Crippen LogP contribution in [0.25, 0.3) is 10.9 Å². The Labute approximate surface area is 129 Å². The maximum atomic E-state index is 12.4. The zero-order valence-corrected chi connectivity index (χ0v) is 13.3. The van der Waals surface area contributed by atoms with E-state index in [1.165, 1.54) is 0 Å². The van der Waals surface area contributed by atoms with Gasteiger partial charge in [-0.25, -0.2) is 0 Å². The van der Waals surface area contributed by atoms with Gasteiger partial charge in [0.15, 0.2) is 0 Å². The lowest BCUT2D eigenvalue weighted by Gasteiger charge is -2.06. The van der Waals surface area contributed by atoms with E-state index < -0.39 is 0 Å². The van der Waals surface area contributed by atoms with Crippen molar-refractivity contribution in [3.05, 3.63) is 53.0 Å². The lowest BCUT2D eigenvalue weighted by atomic mass is 10.1. The molecule has 3 rings (SSSR count). The summed E-state index contributed by atoms with van der Waals surface area (Å²) in [7, 11) is 3.91. The van der Waals surface area contributed by atoms with Gasteiger partial charge in [-0.3, -0.25) is 9.48 Å². The topological polar surface area (TPSA) is 51.9 Å². The van der Waals surface area contributed by atoms with E-state index >= 15 is 0 Å². The van der Waals surface area contributed by atoms with Crippen LogP contribution in [-0.2, 0) is 20.6 Å².